The lowest BCUT2D eigenvalue weighted by molar-refractivity contribution is -0.307. The van der Waals surface area contributed by atoms with Crippen LogP contribution in [0.4, 0.5) is 0 Å². The lowest BCUT2D eigenvalue weighted by Gasteiger charge is -2.23. The molecule has 6 rings (SSSR count). The molecule has 3 aromatic carbocycles. The second kappa shape index (κ2) is 40.6. The summed E-state index contributed by atoms with van der Waals surface area (Å²) in [6, 6.07) is 27.6. The first-order chi connectivity index (χ1) is 40.8. The molecule has 16 nitrogen and oxygen atoms in total. The van der Waals surface area contributed by atoms with Gasteiger partial charge in [0.2, 0.25) is 0 Å². The highest BCUT2D eigenvalue weighted by Gasteiger charge is 2.42. The third-order valence-electron chi connectivity index (χ3n) is 16.4. The molecule has 3 aromatic rings. The van der Waals surface area contributed by atoms with Crippen molar-refractivity contribution in [1.29, 1.82) is 0 Å². The monoisotopic (exact) mass is 1180 g/mol. The number of carboxylic acids is 3. The molecule has 3 aliphatic carbocycles. The number of hydrogen-bond donors (Lipinski definition) is 9. The number of aliphatic hydroxyl groups is 9. The number of unbranched alkanes of at least 4 members (excludes halogenated alkanes) is 3. The summed E-state index contributed by atoms with van der Waals surface area (Å²) >= 11 is 0. The zero-order chi connectivity index (χ0) is 61.9. The Hall–Kier alpha value is -5.79. The van der Waals surface area contributed by atoms with Crippen molar-refractivity contribution in [2.75, 3.05) is 6.61 Å². The van der Waals surface area contributed by atoms with Gasteiger partial charge in [0.1, 0.15) is 18.5 Å². The molecule has 0 heterocycles. The zero-order valence-corrected chi connectivity index (χ0v) is 49.5. The molecule has 470 valence electrons. The Bertz CT molecular complexity index is 2480. The van der Waals surface area contributed by atoms with Gasteiger partial charge in [-0.3, -0.25) is 0 Å². The van der Waals surface area contributed by atoms with E-state index < -0.39 is 72.8 Å². The first-order valence-corrected chi connectivity index (χ1v) is 30.6. The molecule has 3 fully saturated rings. The molecule has 9 N–H and O–H groups in total. The Morgan fingerprint density at radius 1 is 0.506 bits per heavy atom. The number of aliphatic hydroxyl groups excluding tert-OH is 9. The van der Waals surface area contributed by atoms with Crippen LogP contribution in [-0.2, 0) is 27.2 Å². The van der Waals surface area contributed by atoms with Crippen molar-refractivity contribution in [2.45, 2.75) is 197 Å². The maximum atomic E-state index is 10.4. The van der Waals surface area contributed by atoms with Crippen LogP contribution in [0, 0.1) is 42.4 Å². The summed E-state index contributed by atoms with van der Waals surface area (Å²) < 4.78 is 5.59. The third kappa shape index (κ3) is 29.0. The maximum Gasteiger partial charge on any atom is 0.119 e. The number of benzene rings is 3. The topological polar surface area (TPSA) is 312 Å². The van der Waals surface area contributed by atoms with Crippen molar-refractivity contribution in [3.8, 4) is 5.75 Å². The van der Waals surface area contributed by atoms with Crippen molar-refractivity contribution in [3.05, 3.63) is 162 Å². The summed E-state index contributed by atoms with van der Waals surface area (Å²) in [7, 11) is 0. The fourth-order valence-electron chi connectivity index (χ4n) is 11.5. The minimum Gasteiger partial charge on any atom is -0.550 e. The van der Waals surface area contributed by atoms with E-state index in [-0.39, 0.29) is 61.4 Å². The van der Waals surface area contributed by atoms with Gasteiger partial charge in [0.25, 0.3) is 0 Å². The van der Waals surface area contributed by atoms with Crippen LogP contribution in [0.1, 0.15) is 139 Å². The largest absolute Gasteiger partial charge is 0.550 e. The van der Waals surface area contributed by atoms with Gasteiger partial charge in [-0.1, -0.05) is 134 Å². The van der Waals surface area contributed by atoms with E-state index in [4.69, 9.17) is 4.74 Å². The Balaban J connectivity index is 0.000000273. The van der Waals surface area contributed by atoms with Gasteiger partial charge in [-0.2, -0.15) is 0 Å². The second-order valence-electron chi connectivity index (χ2n) is 23.1. The highest BCUT2D eigenvalue weighted by molar-refractivity contribution is 5.64. The van der Waals surface area contributed by atoms with Gasteiger partial charge < -0.3 is 80.4 Å². The number of rotatable bonds is 34. The fourth-order valence-corrected chi connectivity index (χ4v) is 11.5. The SMILES string of the molecule is Cc1cccc(OC[C@H](O)/C=C/[C@@H]2[C@@H](C/C=C\CCCC(=O)[O-])[C@@H](O)C[C@H]2O)c1.O=C([O-])CCC/C=C\C[C@@H]1[C@@H](/C=C/[C@@H](O)CCc2ccccc2)[C@H](O)C[C@@H]1O.O=C([O-])CCC/C=C\C[C@@H]1[C@@H](CC[C@@H](O)CCc2ccccc2)[C@H](O)C[C@@H]1O. The number of hydrogen-bond acceptors (Lipinski definition) is 16. The Morgan fingerprint density at radius 2 is 0.929 bits per heavy atom. The normalized spacial score (nSPS) is 26.0. The average Bonchev–Trinajstić information content (AvgIpc) is 3.84. The van der Waals surface area contributed by atoms with E-state index in [1.807, 2.05) is 122 Å². The molecule has 85 heavy (non-hydrogen) atoms. The Labute approximate surface area is 503 Å². The Morgan fingerprint density at radius 3 is 1.40 bits per heavy atom. The van der Waals surface area contributed by atoms with Crippen LogP contribution in [0.3, 0.4) is 0 Å². The van der Waals surface area contributed by atoms with Crippen LogP contribution in [0.25, 0.3) is 0 Å². The van der Waals surface area contributed by atoms with Gasteiger partial charge in [0, 0.05) is 42.6 Å². The van der Waals surface area contributed by atoms with Gasteiger partial charge in [-0.25, -0.2) is 0 Å². The van der Waals surface area contributed by atoms with Crippen LogP contribution in [0.5, 0.6) is 5.75 Å². The van der Waals surface area contributed by atoms with Crippen molar-refractivity contribution < 1.29 is 80.4 Å². The molecule has 3 saturated carbocycles. The average molecular weight is 1180 g/mol. The number of allylic oxidation sites excluding steroid dienone is 6. The van der Waals surface area contributed by atoms with E-state index in [1.54, 1.807) is 18.2 Å². The van der Waals surface area contributed by atoms with E-state index in [9.17, 15) is 75.7 Å². The lowest BCUT2D eigenvalue weighted by Crippen LogP contribution is -2.23. The summed E-state index contributed by atoms with van der Waals surface area (Å²) in [4.78, 5) is 31.2. The standard InChI is InChI=1S/C23H32O6.C23H34O5.C23H32O5/c1-16-7-6-8-18(13-16)29-15-17(24)11-12-20-19(21(25)14-22(20)26)9-4-2-3-5-10-23(27)28;2*24-18(13-12-17-8-4-3-5-9-17)14-15-20-19(21(25)16-22(20)26)10-6-1-2-7-11-23(27)28/h2,4,6-8,11-13,17,19-22,24-26H,3,5,9-10,14-15H2,1H3,(H,27,28);1,3-6,8-9,18-22,24-26H,2,7,10-16H2,(H,27,28);1,3-6,8-9,14-15,18-22,24-26H,2,7,10-13,16H2,(H,27,28)/p-3/b4-2-,12-11+;6-1-;6-1-,15-14+/t17-,19-,20-,21+,22-;2*18-,19+,20+,21-,22+/m100/s1. The molecule has 0 bridgehead atoms. The predicted octanol–water partition coefficient (Wildman–Crippen LogP) is 5.26. The van der Waals surface area contributed by atoms with Crippen molar-refractivity contribution in [3.63, 3.8) is 0 Å². The van der Waals surface area contributed by atoms with Crippen LogP contribution >= 0.6 is 0 Å². The molecule has 0 radical (unpaired) electrons. The number of aryl methyl sites for hydroxylation is 3. The molecular weight excluding hydrogens is 1080 g/mol. The second-order valence-corrected chi connectivity index (χ2v) is 23.1. The van der Waals surface area contributed by atoms with E-state index in [1.165, 1.54) is 11.1 Å². The van der Waals surface area contributed by atoms with Gasteiger partial charge in [0.05, 0.1) is 48.8 Å². The van der Waals surface area contributed by atoms with E-state index in [2.05, 4.69) is 12.1 Å². The first kappa shape index (κ1) is 71.7. The van der Waals surface area contributed by atoms with Gasteiger partial charge in [0.15, 0.2) is 0 Å². The van der Waals surface area contributed by atoms with Crippen LogP contribution < -0.4 is 20.1 Å². The van der Waals surface area contributed by atoms with E-state index >= 15 is 0 Å². The maximum absolute atomic E-state index is 10.4. The summed E-state index contributed by atoms with van der Waals surface area (Å²) in [5.41, 5.74) is 3.46. The summed E-state index contributed by atoms with van der Waals surface area (Å²) in [5, 5.41) is 124. The first-order valence-electron chi connectivity index (χ1n) is 30.6. The molecule has 0 amide bonds. The Kier molecular flexibility index (Phi) is 34.2. The number of ether oxygens (including phenoxy) is 1. The van der Waals surface area contributed by atoms with Gasteiger partial charge in [-0.15, -0.1) is 0 Å². The zero-order valence-electron chi connectivity index (χ0n) is 49.5. The molecule has 16 heteroatoms. The molecule has 0 saturated heterocycles. The minimum absolute atomic E-state index is 0.0192. The highest BCUT2D eigenvalue weighted by Crippen LogP contribution is 2.40. The molecule has 0 aliphatic heterocycles. The van der Waals surface area contributed by atoms with E-state index in [0.29, 0.717) is 108 Å². The third-order valence-corrected chi connectivity index (χ3v) is 16.4. The van der Waals surface area contributed by atoms with Crippen LogP contribution in [0.2, 0.25) is 0 Å². The fraction of sp³-hybridized carbons (Fsp3) is 0.551. The lowest BCUT2D eigenvalue weighted by atomic mass is 9.85. The number of carboxylic acid groups (broad SMARTS) is 3. The van der Waals surface area contributed by atoms with E-state index in [0.717, 1.165) is 18.4 Å². The van der Waals surface area contributed by atoms with Crippen molar-refractivity contribution >= 4 is 17.9 Å². The van der Waals surface area contributed by atoms with Crippen molar-refractivity contribution in [2.24, 2.45) is 35.5 Å². The molecule has 0 aromatic heterocycles. The number of aliphatic carboxylic acids is 3. The number of carbonyl (C=O) groups excluding carboxylic acids is 3. The van der Waals surface area contributed by atoms with Crippen LogP contribution in [-0.4, -0.2) is 125 Å². The summed E-state index contributed by atoms with van der Waals surface area (Å²) in [6.45, 7) is 2.07. The molecule has 0 unspecified atom stereocenters. The smallest absolute Gasteiger partial charge is 0.119 e. The summed E-state index contributed by atoms with van der Waals surface area (Å²) in [6.07, 6.45) is 23.9. The molecule has 15 atom stereocenters. The van der Waals surface area contributed by atoms with Gasteiger partial charge in [-0.05, 0) is 181 Å². The predicted molar refractivity (Wildman–Crippen MR) is 320 cm³/mol. The van der Waals surface area contributed by atoms with Crippen molar-refractivity contribution in [1.82, 2.24) is 0 Å². The highest BCUT2D eigenvalue weighted by atomic mass is 16.5. The minimum atomic E-state index is -1.05. The summed E-state index contributed by atoms with van der Waals surface area (Å²) in [5.74, 6) is -3.19. The van der Waals surface area contributed by atoms with Gasteiger partial charge >= 0.3 is 0 Å². The quantitative estimate of drug-likeness (QED) is 0.0272. The van der Waals surface area contributed by atoms with Crippen LogP contribution in [0.15, 0.2) is 146 Å². The molecule has 0 spiro atoms. The number of carbonyl (C=O) groups is 3. The molecule has 3 aliphatic rings. The molecular formula is C69H95O16-3.